The number of thiol groups is 1. The number of hydrogen-bond acceptors (Lipinski definition) is 1. The predicted octanol–water partition coefficient (Wildman–Crippen LogP) is 6.52. The van der Waals surface area contributed by atoms with Gasteiger partial charge in [-0.1, -0.05) is 109 Å². The molecule has 0 aliphatic heterocycles. The van der Waals surface area contributed by atoms with Gasteiger partial charge in [-0.05, 0) is 70.2 Å². The lowest BCUT2D eigenvalue weighted by Crippen LogP contribution is -1.97. The van der Waals surface area contributed by atoms with Gasteiger partial charge in [-0.3, -0.25) is 0 Å². The molecule has 4 aromatic carbocycles. The number of thiocarbonyl (C=S) groups is 1. The molecule has 1 nitrogen and oxygen atoms in total. The van der Waals surface area contributed by atoms with E-state index >= 15 is 0 Å². The zero-order valence-corrected chi connectivity index (χ0v) is 19.7. The van der Waals surface area contributed by atoms with Crippen molar-refractivity contribution in [1.29, 1.82) is 0 Å². The third-order valence-corrected chi connectivity index (χ3v) is 5.60. The van der Waals surface area contributed by atoms with E-state index in [1.54, 1.807) is 0 Å². The standard InChI is InChI=1S/C28H24.CH3NS2/c1-5-21-13-22(6-1)18-24-8-3-10-26(15-24)20-28-12-4-11-27(16-28)19-25-9-2-7-23(14-25)17-21;2-1(3)4/h1-16H,17-20H2;(H3,2,3,4). The monoisotopic (exact) mass is 453 g/mol. The molecular weight excluding hydrogens is 426 g/mol. The van der Waals surface area contributed by atoms with Crippen molar-refractivity contribution in [2.24, 2.45) is 5.73 Å². The molecular formula is C29H27NS2. The van der Waals surface area contributed by atoms with Crippen LogP contribution in [-0.4, -0.2) is 4.32 Å². The molecule has 0 saturated carbocycles. The van der Waals surface area contributed by atoms with Gasteiger partial charge in [-0.15, -0.1) is 12.6 Å². The Hall–Kier alpha value is -2.88. The average Bonchev–Trinajstić information content (AvgIpc) is 2.74. The summed E-state index contributed by atoms with van der Waals surface area (Å²) in [5.41, 5.74) is 15.8. The van der Waals surface area contributed by atoms with Crippen LogP contribution >= 0.6 is 24.8 Å². The van der Waals surface area contributed by atoms with Gasteiger partial charge in [0, 0.05) is 0 Å². The van der Waals surface area contributed by atoms with Crippen molar-refractivity contribution in [2.75, 3.05) is 0 Å². The Morgan fingerprint density at radius 1 is 0.500 bits per heavy atom. The van der Waals surface area contributed by atoms with Crippen molar-refractivity contribution < 1.29 is 0 Å². The highest BCUT2D eigenvalue weighted by Crippen LogP contribution is 2.20. The van der Waals surface area contributed by atoms with E-state index in [2.05, 4.69) is 122 Å². The van der Waals surface area contributed by atoms with Crippen LogP contribution in [0.1, 0.15) is 44.5 Å². The quantitative estimate of drug-likeness (QED) is 0.206. The van der Waals surface area contributed by atoms with Gasteiger partial charge >= 0.3 is 0 Å². The van der Waals surface area contributed by atoms with Crippen molar-refractivity contribution in [3.05, 3.63) is 142 Å². The molecule has 1 aliphatic carbocycles. The molecule has 32 heavy (non-hydrogen) atoms. The summed E-state index contributed by atoms with van der Waals surface area (Å²) in [4.78, 5) is 0. The first kappa shape index (κ1) is 22.3. The molecule has 8 bridgehead atoms. The maximum absolute atomic E-state index is 4.71. The topological polar surface area (TPSA) is 26.0 Å². The van der Waals surface area contributed by atoms with Gasteiger partial charge in [0.25, 0.3) is 0 Å². The van der Waals surface area contributed by atoms with Crippen molar-refractivity contribution in [2.45, 2.75) is 25.7 Å². The van der Waals surface area contributed by atoms with Crippen molar-refractivity contribution in [3.8, 4) is 0 Å². The minimum atomic E-state index is 0.194. The molecule has 0 saturated heterocycles. The van der Waals surface area contributed by atoms with E-state index in [1.165, 1.54) is 44.5 Å². The number of hydrogen-bond donors (Lipinski definition) is 2. The highest BCUT2D eigenvalue weighted by molar-refractivity contribution is 8.10. The zero-order valence-electron chi connectivity index (χ0n) is 18.0. The maximum atomic E-state index is 4.71. The van der Waals surface area contributed by atoms with Gasteiger partial charge in [0.15, 0.2) is 0 Å². The van der Waals surface area contributed by atoms with E-state index in [9.17, 15) is 0 Å². The zero-order chi connectivity index (χ0) is 22.3. The Labute approximate surface area is 201 Å². The van der Waals surface area contributed by atoms with Gasteiger partial charge in [0.1, 0.15) is 4.32 Å². The number of fused-ring (bicyclic) bond motifs is 8. The van der Waals surface area contributed by atoms with E-state index in [0.717, 1.165) is 25.7 Å². The molecule has 2 N–H and O–H groups in total. The van der Waals surface area contributed by atoms with Crippen LogP contribution in [0.25, 0.3) is 0 Å². The number of rotatable bonds is 0. The second kappa shape index (κ2) is 10.6. The van der Waals surface area contributed by atoms with Crippen LogP contribution in [0.5, 0.6) is 0 Å². The van der Waals surface area contributed by atoms with Gasteiger partial charge < -0.3 is 5.73 Å². The Kier molecular flexibility index (Phi) is 7.41. The van der Waals surface area contributed by atoms with Crippen LogP contribution in [0.3, 0.4) is 0 Å². The van der Waals surface area contributed by atoms with Crippen LogP contribution in [0.2, 0.25) is 0 Å². The maximum Gasteiger partial charge on any atom is 0.128 e. The minimum Gasteiger partial charge on any atom is -0.385 e. The van der Waals surface area contributed by atoms with Gasteiger partial charge in [-0.25, -0.2) is 0 Å². The number of nitrogens with two attached hydrogens (primary N) is 1. The molecule has 0 radical (unpaired) electrons. The number of benzene rings is 4. The second-order valence-corrected chi connectivity index (χ2v) is 9.55. The van der Waals surface area contributed by atoms with E-state index in [1.807, 2.05) is 0 Å². The second-order valence-electron chi connectivity index (χ2n) is 8.33. The molecule has 0 atom stereocenters. The van der Waals surface area contributed by atoms with Crippen LogP contribution in [0.15, 0.2) is 97.1 Å². The van der Waals surface area contributed by atoms with Crippen molar-refractivity contribution in [1.82, 2.24) is 0 Å². The summed E-state index contributed by atoms with van der Waals surface area (Å²) in [6.45, 7) is 0. The first-order chi connectivity index (χ1) is 15.5. The Balaban J connectivity index is 0.000000567. The summed E-state index contributed by atoms with van der Waals surface area (Å²) in [7, 11) is 0. The first-order valence-corrected chi connectivity index (χ1v) is 11.7. The SMILES string of the molecule is NC(=S)S.c1cc2cc(c1)Cc1cccc(c1)Cc1cccc(c1)Cc1cccc(c1)C2. The summed E-state index contributed by atoms with van der Waals surface area (Å²) in [5, 5.41) is 0. The normalized spacial score (nSPS) is 12.3. The Morgan fingerprint density at radius 2 is 0.656 bits per heavy atom. The summed E-state index contributed by atoms with van der Waals surface area (Å²) in [6, 6.07) is 36.3. The third-order valence-electron chi connectivity index (χ3n) is 5.60. The van der Waals surface area contributed by atoms with Crippen LogP contribution in [0.4, 0.5) is 0 Å². The molecule has 3 heteroatoms. The molecule has 0 spiro atoms. The van der Waals surface area contributed by atoms with Crippen LogP contribution in [0, 0.1) is 0 Å². The van der Waals surface area contributed by atoms with Crippen LogP contribution in [-0.2, 0) is 25.7 Å². The van der Waals surface area contributed by atoms with Gasteiger partial charge in [0.05, 0.1) is 0 Å². The molecule has 0 fully saturated rings. The summed E-state index contributed by atoms with van der Waals surface area (Å²) in [5.74, 6) is 0. The lowest BCUT2D eigenvalue weighted by molar-refractivity contribution is 1.09. The molecule has 4 aromatic rings. The molecule has 160 valence electrons. The van der Waals surface area contributed by atoms with Crippen LogP contribution < -0.4 is 5.73 Å². The van der Waals surface area contributed by atoms with Crippen molar-refractivity contribution >= 4 is 29.2 Å². The lowest BCUT2D eigenvalue weighted by Gasteiger charge is -2.11. The largest absolute Gasteiger partial charge is 0.385 e. The highest BCUT2D eigenvalue weighted by atomic mass is 32.1. The molecule has 1 aliphatic rings. The predicted molar refractivity (Wildman–Crippen MR) is 143 cm³/mol. The summed E-state index contributed by atoms with van der Waals surface area (Å²) < 4.78 is 0.194. The molecule has 0 heterocycles. The average molecular weight is 454 g/mol. The van der Waals surface area contributed by atoms with E-state index in [0.29, 0.717) is 0 Å². The Bertz CT molecular complexity index is 974. The third kappa shape index (κ3) is 6.56. The smallest absolute Gasteiger partial charge is 0.128 e. The fourth-order valence-corrected chi connectivity index (χ4v) is 4.34. The summed E-state index contributed by atoms with van der Waals surface area (Å²) in [6.07, 6.45) is 3.95. The molecule has 0 amide bonds. The minimum absolute atomic E-state index is 0.194. The van der Waals surface area contributed by atoms with E-state index < -0.39 is 0 Å². The summed E-state index contributed by atoms with van der Waals surface area (Å²) >= 11 is 7.65. The lowest BCUT2D eigenvalue weighted by atomic mass is 9.94. The molecule has 0 unspecified atom stereocenters. The van der Waals surface area contributed by atoms with Gasteiger partial charge in [-0.2, -0.15) is 0 Å². The fraction of sp³-hybridized carbons (Fsp3) is 0.138. The Morgan fingerprint density at radius 3 is 0.812 bits per heavy atom. The highest BCUT2D eigenvalue weighted by Gasteiger charge is 2.06. The molecule has 0 aromatic heterocycles. The van der Waals surface area contributed by atoms with E-state index in [-0.39, 0.29) is 4.32 Å². The first-order valence-electron chi connectivity index (χ1n) is 10.8. The van der Waals surface area contributed by atoms with Crippen molar-refractivity contribution in [3.63, 3.8) is 0 Å². The fourth-order valence-electron chi connectivity index (χ4n) is 4.34. The van der Waals surface area contributed by atoms with E-state index in [4.69, 9.17) is 5.73 Å². The van der Waals surface area contributed by atoms with Gasteiger partial charge in [0.2, 0.25) is 0 Å². The molecule has 5 rings (SSSR count).